The summed E-state index contributed by atoms with van der Waals surface area (Å²) in [6, 6.07) is 7.92. The summed E-state index contributed by atoms with van der Waals surface area (Å²) >= 11 is 4.22. The van der Waals surface area contributed by atoms with E-state index in [4.69, 9.17) is 5.73 Å². The molecule has 2 N–H and O–H groups in total. The molecule has 1 aromatic rings. The van der Waals surface area contributed by atoms with E-state index in [-0.39, 0.29) is 4.75 Å². The van der Waals surface area contributed by atoms with Crippen LogP contribution in [0.25, 0.3) is 0 Å². The van der Waals surface area contributed by atoms with Crippen molar-refractivity contribution in [1.82, 2.24) is 0 Å². The number of thiol groups is 1. The molecule has 0 heterocycles. The first kappa shape index (κ1) is 9.81. The zero-order valence-corrected chi connectivity index (χ0v) is 8.95. The van der Waals surface area contributed by atoms with Crippen LogP contribution < -0.4 is 5.73 Å². The Labute approximate surface area is 82.5 Å². The number of hydrogen-bond acceptors (Lipinski definition) is 3. The van der Waals surface area contributed by atoms with Crippen LogP contribution in [0.5, 0.6) is 0 Å². The summed E-state index contributed by atoms with van der Waals surface area (Å²) in [5.41, 5.74) is 7.64. The van der Waals surface area contributed by atoms with Gasteiger partial charge in [0.15, 0.2) is 0 Å². The van der Waals surface area contributed by atoms with Gasteiger partial charge in [-0.15, -0.1) is 11.7 Å². The molecule has 1 rings (SSSR count). The second-order valence-electron chi connectivity index (χ2n) is 3.22. The molecule has 1 nitrogen and oxygen atoms in total. The van der Waals surface area contributed by atoms with Gasteiger partial charge in [0.2, 0.25) is 0 Å². The van der Waals surface area contributed by atoms with Gasteiger partial charge in [-0.05, 0) is 31.5 Å². The SMILES string of the molecule is CC(C)(SS)c1ccc(N)cc1. The second kappa shape index (κ2) is 3.62. The van der Waals surface area contributed by atoms with Gasteiger partial charge in [0, 0.05) is 10.4 Å². The molecule has 1 aromatic carbocycles. The normalized spacial score (nSPS) is 11.6. The van der Waals surface area contributed by atoms with Gasteiger partial charge in [-0.2, -0.15) is 0 Å². The molecule has 66 valence electrons. The van der Waals surface area contributed by atoms with Crippen molar-refractivity contribution >= 4 is 28.1 Å². The number of hydrogen-bond donors (Lipinski definition) is 2. The molecule has 3 heteroatoms. The fourth-order valence-electron chi connectivity index (χ4n) is 0.937. The number of rotatable bonds is 2. The highest BCUT2D eigenvalue weighted by Crippen LogP contribution is 2.37. The summed E-state index contributed by atoms with van der Waals surface area (Å²) in [6.07, 6.45) is 0. The van der Waals surface area contributed by atoms with Crippen LogP contribution in [0.1, 0.15) is 19.4 Å². The highest BCUT2D eigenvalue weighted by atomic mass is 33.1. The first-order valence-electron chi connectivity index (χ1n) is 3.75. The minimum absolute atomic E-state index is 0.0524. The molecule has 0 fully saturated rings. The van der Waals surface area contributed by atoms with Crippen molar-refractivity contribution in [3.8, 4) is 0 Å². The van der Waals surface area contributed by atoms with E-state index >= 15 is 0 Å². The molecule has 0 radical (unpaired) electrons. The van der Waals surface area contributed by atoms with E-state index in [9.17, 15) is 0 Å². The standard InChI is InChI=1S/C9H13NS2/c1-9(2,12-11)7-3-5-8(10)6-4-7/h3-6,11H,10H2,1-2H3. The Bertz CT molecular complexity index is 254. The lowest BCUT2D eigenvalue weighted by molar-refractivity contribution is 0.790. The first-order chi connectivity index (χ1) is 5.56. The van der Waals surface area contributed by atoms with E-state index in [2.05, 4.69) is 25.5 Å². The van der Waals surface area contributed by atoms with Crippen LogP contribution >= 0.6 is 22.5 Å². The fraction of sp³-hybridized carbons (Fsp3) is 0.333. The van der Waals surface area contributed by atoms with Gasteiger partial charge in [0.25, 0.3) is 0 Å². The van der Waals surface area contributed by atoms with E-state index < -0.39 is 0 Å². The van der Waals surface area contributed by atoms with Crippen LogP contribution in [0.2, 0.25) is 0 Å². The van der Waals surface area contributed by atoms with E-state index in [0.717, 1.165) is 5.69 Å². The summed E-state index contributed by atoms with van der Waals surface area (Å²) in [6.45, 7) is 4.27. The molecule has 0 aliphatic carbocycles. The van der Waals surface area contributed by atoms with Crippen LogP contribution in [0.3, 0.4) is 0 Å². The third-order valence-electron chi connectivity index (χ3n) is 1.83. The topological polar surface area (TPSA) is 26.0 Å². The second-order valence-corrected chi connectivity index (χ2v) is 4.97. The van der Waals surface area contributed by atoms with Crippen LogP contribution in [0.4, 0.5) is 5.69 Å². The minimum Gasteiger partial charge on any atom is -0.399 e. The van der Waals surface area contributed by atoms with Crippen LogP contribution in [-0.4, -0.2) is 0 Å². The van der Waals surface area contributed by atoms with Gasteiger partial charge in [-0.25, -0.2) is 0 Å². The fourth-order valence-corrected chi connectivity index (χ4v) is 1.49. The lowest BCUT2D eigenvalue weighted by Gasteiger charge is -2.21. The number of nitrogen functional groups attached to an aromatic ring is 1. The lowest BCUT2D eigenvalue weighted by Crippen LogP contribution is -2.09. The summed E-state index contributed by atoms with van der Waals surface area (Å²) in [5, 5.41) is 0. The first-order valence-corrected chi connectivity index (χ1v) is 5.62. The van der Waals surface area contributed by atoms with Crippen LogP contribution in [0.15, 0.2) is 24.3 Å². The monoisotopic (exact) mass is 199 g/mol. The molecule has 0 aliphatic heterocycles. The third kappa shape index (κ3) is 2.11. The average Bonchev–Trinajstić information content (AvgIpc) is 2.05. The molecular weight excluding hydrogens is 186 g/mol. The molecule has 0 aliphatic rings. The highest BCUT2D eigenvalue weighted by Gasteiger charge is 2.18. The molecule has 12 heavy (non-hydrogen) atoms. The van der Waals surface area contributed by atoms with Gasteiger partial charge in [0.05, 0.1) is 0 Å². The van der Waals surface area contributed by atoms with Gasteiger partial charge >= 0.3 is 0 Å². The average molecular weight is 199 g/mol. The summed E-state index contributed by atoms with van der Waals surface area (Å²) in [4.78, 5) is 0. The molecular formula is C9H13NS2. The number of anilines is 1. The predicted octanol–water partition coefficient (Wildman–Crippen LogP) is 3.08. The Kier molecular flexibility index (Phi) is 2.96. The van der Waals surface area contributed by atoms with E-state index in [0.29, 0.717) is 0 Å². The molecule has 0 amide bonds. The van der Waals surface area contributed by atoms with Crippen molar-refractivity contribution in [3.63, 3.8) is 0 Å². The zero-order chi connectivity index (χ0) is 9.19. The largest absolute Gasteiger partial charge is 0.399 e. The summed E-state index contributed by atoms with van der Waals surface area (Å²) < 4.78 is 0.0524. The molecule has 0 saturated heterocycles. The Morgan fingerprint density at radius 1 is 1.25 bits per heavy atom. The van der Waals surface area contributed by atoms with E-state index in [1.54, 1.807) is 0 Å². The number of benzene rings is 1. The molecule has 0 atom stereocenters. The van der Waals surface area contributed by atoms with E-state index in [1.807, 2.05) is 24.3 Å². The smallest absolute Gasteiger partial charge is 0.0453 e. The third-order valence-corrected chi connectivity index (χ3v) is 3.90. The Morgan fingerprint density at radius 3 is 2.17 bits per heavy atom. The predicted molar refractivity (Wildman–Crippen MR) is 60.5 cm³/mol. The van der Waals surface area contributed by atoms with Crippen molar-refractivity contribution in [3.05, 3.63) is 29.8 Å². The lowest BCUT2D eigenvalue weighted by atomic mass is 10.0. The van der Waals surface area contributed by atoms with Gasteiger partial charge in [0.1, 0.15) is 0 Å². The van der Waals surface area contributed by atoms with Gasteiger partial charge in [-0.1, -0.05) is 22.9 Å². The zero-order valence-electron chi connectivity index (χ0n) is 7.24. The summed E-state index contributed by atoms with van der Waals surface area (Å²) in [5.74, 6) is 0. The maximum absolute atomic E-state index is 5.59. The van der Waals surface area contributed by atoms with E-state index in [1.165, 1.54) is 16.4 Å². The quantitative estimate of drug-likeness (QED) is 0.435. The van der Waals surface area contributed by atoms with Gasteiger partial charge in [-0.3, -0.25) is 0 Å². The number of nitrogens with two attached hydrogens (primary N) is 1. The molecule has 0 spiro atoms. The van der Waals surface area contributed by atoms with Crippen LogP contribution in [-0.2, 0) is 4.75 Å². The molecule has 0 aromatic heterocycles. The highest BCUT2D eigenvalue weighted by molar-refractivity contribution is 8.68. The summed E-state index contributed by atoms with van der Waals surface area (Å²) in [7, 11) is 1.54. The molecule has 0 saturated carbocycles. The van der Waals surface area contributed by atoms with Crippen molar-refractivity contribution in [2.45, 2.75) is 18.6 Å². The Balaban J connectivity index is 2.96. The Morgan fingerprint density at radius 2 is 1.75 bits per heavy atom. The maximum atomic E-state index is 5.59. The van der Waals surface area contributed by atoms with Gasteiger partial charge < -0.3 is 5.73 Å². The van der Waals surface area contributed by atoms with Crippen molar-refractivity contribution < 1.29 is 0 Å². The maximum Gasteiger partial charge on any atom is 0.0453 e. The minimum atomic E-state index is 0.0524. The van der Waals surface area contributed by atoms with Crippen LogP contribution in [0, 0.1) is 0 Å². The molecule has 0 bridgehead atoms. The van der Waals surface area contributed by atoms with Crippen molar-refractivity contribution in [2.75, 3.05) is 5.73 Å². The Hall–Kier alpha value is -0.280. The van der Waals surface area contributed by atoms with Crippen molar-refractivity contribution in [2.24, 2.45) is 0 Å². The van der Waals surface area contributed by atoms with Crippen molar-refractivity contribution in [1.29, 1.82) is 0 Å². The molecule has 0 unspecified atom stereocenters.